The predicted octanol–water partition coefficient (Wildman–Crippen LogP) is 3.08. The molecule has 13 N–H and O–H groups in total. The Labute approximate surface area is 359 Å². The van der Waals surface area contributed by atoms with Gasteiger partial charge in [0, 0.05) is 50.4 Å². The van der Waals surface area contributed by atoms with Gasteiger partial charge in [-0.05, 0) is 67.6 Å². The summed E-state index contributed by atoms with van der Waals surface area (Å²) in [6.45, 7) is 4.16. The van der Waals surface area contributed by atoms with E-state index in [-0.39, 0.29) is 49.4 Å². The summed E-state index contributed by atoms with van der Waals surface area (Å²) in [6.07, 6.45) is -1.07. The number of hydrogen-bond acceptors (Lipinski definition) is 13. The minimum absolute atomic E-state index is 0.0412. The van der Waals surface area contributed by atoms with E-state index >= 15 is 0 Å². The molecule has 4 amide bonds. The van der Waals surface area contributed by atoms with Crippen LogP contribution in [0.4, 0.5) is 26.7 Å². The number of carboxylic acids is 2. The Morgan fingerprint density at radius 2 is 1.00 bits per heavy atom. The summed E-state index contributed by atoms with van der Waals surface area (Å²) in [5.74, 6) is -1.97. The van der Waals surface area contributed by atoms with E-state index in [1.165, 1.54) is 36.9 Å². The smallest absolute Gasteiger partial charge is 0.407 e. The Kier molecular flexibility index (Phi) is 32.6. The monoisotopic (exact) mass is 1030 g/mol. The number of alkyl halides is 2. The number of nitrogen functional groups attached to an aromatic ring is 1. The summed E-state index contributed by atoms with van der Waals surface area (Å²) < 4.78 is 21.2. The summed E-state index contributed by atoms with van der Waals surface area (Å²) in [4.78, 5) is 64.6. The number of alkyl carbamates (subject to hydrolysis) is 2. The van der Waals surface area contributed by atoms with Crippen molar-refractivity contribution in [1.82, 2.24) is 10.6 Å². The third-order valence-corrected chi connectivity index (χ3v) is 7.29. The van der Waals surface area contributed by atoms with Crippen LogP contribution >= 0.6 is 45.2 Å². The van der Waals surface area contributed by atoms with E-state index in [9.17, 15) is 28.8 Å². The molecule has 0 aliphatic rings. The number of hydrogen-bond donors (Lipinski definition) is 10. The number of carboxylic acid groups (broad SMARTS) is 2. The maximum absolute atomic E-state index is 11.0. The van der Waals surface area contributed by atoms with E-state index in [0.29, 0.717) is 46.4 Å². The first kappa shape index (κ1) is 52.2. The van der Waals surface area contributed by atoms with Gasteiger partial charge >= 0.3 is 24.1 Å². The number of aryl methyl sites for hydroxylation is 1. The molecule has 0 fully saturated rings. The quantitative estimate of drug-likeness (QED) is 0.0427. The number of carbonyl (C=O) groups is 6. The van der Waals surface area contributed by atoms with Gasteiger partial charge in [-0.3, -0.25) is 9.59 Å². The van der Waals surface area contributed by atoms with Crippen LogP contribution in [0.25, 0.3) is 0 Å². The molecule has 19 nitrogen and oxygen atoms in total. The van der Waals surface area contributed by atoms with Gasteiger partial charge in [-0.15, -0.1) is 0 Å². The van der Waals surface area contributed by atoms with E-state index in [4.69, 9.17) is 43.1 Å². The second kappa shape index (κ2) is 35.6. The van der Waals surface area contributed by atoms with Crippen LogP contribution in [0, 0.1) is 6.92 Å². The number of aromatic carboxylic acids is 2. The number of aliphatic hydroxyl groups is 1. The summed E-state index contributed by atoms with van der Waals surface area (Å²) >= 11 is 3.99. The van der Waals surface area contributed by atoms with Crippen LogP contribution < -0.4 is 38.5 Å². The minimum Gasteiger partial charge on any atom is -0.478 e. The van der Waals surface area contributed by atoms with Crippen LogP contribution in [0.15, 0.2) is 72.8 Å². The molecule has 21 heteroatoms. The molecule has 3 aromatic rings. The number of nitrogens with two attached hydrogens (primary N) is 3. The number of nitrogens with one attached hydrogen (secondary N) is 4. The molecule has 0 spiro atoms. The Morgan fingerprint density at radius 3 is 1.33 bits per heavy atom. The van der Waals surface area contributed by atoms with Crippen molar-refractivity contribution in [3.05, 3.63) is 89.5 Å². The van der Waals surface area contributed by atoms with Crippen molar-refractivity contribution in [2.45, 2.75) is 6.92 Å². The predicted molar refractivity (Wildman–Crippen MR) is 233 cm³/mol. The molecule has 0 saturated carbocycles. The Morgan fingerprint density at radius 1 is 0.649 bits per heavy atom. The molecule has 0 aromatic heterocycles. The second-order valence-electron chi connectivity index (χ2n) is 10.4. The van der Waals surface area contributed by atoms with Crippen molar-refractivity contribution in [3.63, 3.8) is 0 Å². The first-order valence-corrected chi connectivity index (χ1v) is 19.7. The molecule has 3 aromatic carbocycles. The maximum atomic E-state index is 11.0. The topological polar surface area (TPSA) is 317 Å². The molecule has 0 aliphatic carbocycles. The molecule has 316 valence electrons. The van der Waals surface area contributed by atoms with E-state index < -0.39 is 24.1 Å². The van der Waals surface area contributed by atoms with Crippen LogP contribution in [0.1, 0.15) is 26.3 Å². The SMILES string of the molecule is Cc1ccc(NC(=O)CI)cc1.NCCNC(=O)OCCOCCOC(=O)NCCN.Nc1ccc(C(=O)O)cc1.O=C(CI)Nc1ccc(C(=O)O)cc1.[2H]OC. The van der Waals surface area contributed by atoms with Crippen LogP contribution in [-0.4, -0.2) is 121 Å². The van der Waals surface area contributed by atoms with Gasteiger partial charge in [0.15, 0.2) is 0 Å². The molecule has 0 unspecified atom stereocenters. The van der Waals surface area contributed by atoms with Gasteiger partial charge in [0.2, 0.25) is 13.2 Å². The fourth-order valence-corrected chi connectivity index (χ4v) is 3.67. The van der Waals surface area contributed by atoms with E-state index in [2.05, 4.69) is 26.4 Å². The highest BCUT2D eigenvalue weighted by molar-refractivity contribution is 14.1. The van der Waals surface area contributed by atoms with Gasteiger partial charge in [-0.2, -0.15) is 0 Å². The summed E-state index contributed by atoms with van der Waals surface area (Å²) in [6, 6.07) is 19.8. The van der Waals surface area contributed by atoms with Gasteiger partial charge in [0.1, 0.15) is 13.2 Å². The van der Waals surface area contributed by atoms with Crippen molar-refractivity contribution in [2.75, 3.05) is 84.9 Å². The third kappa shape index (κ3) is 31.0. The molecule has 0 atom stereocenters. The highest BCUT2D eigenvalue weighted by Gasteiger charge is 2.04. The van der Waals surface area contributed by atoms with E-state index in [0.717, 1.165) is 5.69 Å². The standard InChI is InChI=1S/C10H22N4O5.C9H8INO3.C9H10INO.C7H7NO2.CH4O/c11-1-3-13-9(15)18-7-5-17-6-8-19-10(16)14-4-2-12;10-5-8(12)11-7-3-1-6(2-4-7)9(13)14;1-7-2-4-8(5-3-7)11-9(12)6-10;8-6-3-1-5(2-4-6)7(9)10;1-2/h1-8,11-12H2,(H,13,15)(H,14,16);1-4H,5H2,(H,11,12)(H,13,14);2-5H,6H2,1H3,(H,11,12);1-4H,8H2,(H,9,10);2H,1H3/i;;;;2D. The average Bonchev–Trinajstić information content (AvgIpc) is 3.21. The zero-order chi connectivity index (χ0) is 44.1. The molecule has 0 bridgehead atoms. The van der Waals surface area contributed by atoms with Gasteiger partial charge in [-0.25, -0.2) is 19.2 Å². The summed E-state index contributed by atoms with van der Waals surface area (Å²) in [5.41, 5.74) is 19.4. The third-order valence-electron chi connectivity index (χ3n) is 5.90. The zero-order valence-corrected chi connectivity index (χ0v) is 35.8. The van der Waals surface area contributed by atoms with Gasteiger partial charge in [-0.1, -0.05) is 62.9 Å². The summed E-state index contributed by atoms with van der Waals surface area (Å²) in [5, 5.41) is 30.8. The first-order chi connectivity index (χ1) is 27.7. The fraction of sp³-hybridized carbons (Fsp3) is 0.333. The highest BCUT2D eigenvalue weighted by atomic mass is 127. The van der Waals surface area contributed by atoms with Gasteiger partial charge in [0.25, 0.3) is 0 Å². The Bertz CT molecular complexity index is 1590. The minimum atomic E-state index is -0.975. The lowest BCUT2D eigenvalue weighted by molar-refractivity contribution is -0.114. The summed E-state index contributed by atoms with van der Waals surface area (Å²) in [7, 11) is 1.29. The zero-order valence-electron chi connectivity index (χ0n) is 32.5. The van der Waals surface area contributed by atoms with Gasteiger partial charge in [0.05, 0.1) is 33.2 Å². The van der Waals surface area contributed by atoms with Crippen molar-refractivity contribution in [2.24, 2.45) is 11.5 Å². The van der Waals surface area contributed by atoms with E-state index in [1.807, 2.05) is 76.4 Å². The maximum Gasteiger partial charge on any atom is 0.407 e. The largest absolute Gasteiger partial charge is 0.478 e. The Balaban J connectivity index is 0. The molecule has 0 radical (unpaired) electrons. The molecule has 57 heavy (non-hydrogen) atoms. The number of anilines is 3. The normalized spacial score (nSPS) is 9.54. The van der Waals surface area contributed by atoms with Crippen LogP contribution in [-0.2, 0) is 23.8 Å². The number of halogens is 2. The number of carbonyl (C=O) groups excluding carboxylic acids is 4. The van der Waals surface area contributed by atoms with Crippen molar-refractivity contribution >= 4 is 98.2 Å². The van der Waals surface area contributed by atoms with Crippen molar-refractivity contribution in [3.8, 4) is 0 Å². The molecule has 3 rings (SSSR count). The van der Waals surface area contributed by atoms with Crippen LogP contribution in [0.3, 0.4) is 0 Å². The van der Waals surface area contributed by atoms with Gasteiger partial charge < -0.3 is 68.0 Å². The lowest BCUT2D eigenvalue weighted by Gasteiger charge is -2.08. The van der Waals surface area contributed by atoms with Crippen LogP contribution in [0.5, 0.6) is 0 Å². The molecular weight excluding hydrogens is 976 g/mol. The molecule has 0 saturated heterocycles. The Hall–Kier alpha value is -4.82. The van der Waals surface area contributed by atoms with Crippen molar-refractivity contribution in [1.29, 1.82) is 1.43 Å². The number of aliphatic hydroxyl groups excluding tert-OH is 1. The van der Waals surface area contributed by atoms with E-state index in [1.54, 1.807) is 24.3 Å². The molecule has 0 heterocycles. The second-order valence-corrected chi connectivity index (χ2v) is 11.9. The first-order valence-electron chi connectivity index (χ1n) is 17.1. The van der Waals surface area contributed by atoms with Crippen LogP contribution in [0.2, 0.25) is 0 Å². The molecule has 0 aliphatic heterocycles. The fourth-order valence-electron chi connectivity index (χ4n) is 3.29. The number of amides is 4. The number of ether oxygens (including phenoxy) is 3. The van der Waals surface area contributed by atoms with Crippen molar-refractivity contribution < 1.29 is 58.3 Å². The number of rotatable bonds is 16. The number of benzene rings is 3. The lowest BCUT2D eigenvalue weighted by atomic mass is 10.2. The highest BCUT2D eigenvalue weighted by Crippen LogP contribution is 2.10. The lowest BCUT2D eigenvalue weighted by Crippen LogP contribution is -2.31. The average molecular weight is 1030 g/mol. The molecular formula is C36H51I2N7O12.